The van der Waals surface area contributed by atoms with Gasteiger partial charge in [0.05, 0.1) is 37.5 Å². The summed E-state index contributed by atoms with van der Waals surface area (Å²) in [5.74, 6) is -2.43. The first kappa shape index (κ1) is 26.1. The van der Waals surface area contributed by atoms with E-state index in [-0.39, 0.29) is 47.8 Å². The van der Waals surface area contributed by atoms with E-state index in [4.69, 9.17) is 16.4 Å². The third-order valence-corrected chi connectivity index (χ3v) is 6.94. The number of nitrogens with one attached hydrogen (secondary N) is 2. The highest BCUT2D eigenvalue weighted by molar-refractivity contribution is 7.91. The first-order chi connectivity index (χ1) is 15.6. The van der Waals surface area contributed by atoms with E-state index >= 15 is 0 Å². The molecule has 1 aliphatic heterocycles. The number of nitrogens with zero attached hydrogens (tertiary/aromatic N) is 1. The van der Waals surface area contributed by atoms with Gasteiger partial charge in [0, 0.05) is 29.9 Å². The lowest BCUT2D eigenvalue weighted by molar-refractivity contribution is -0.179. The van der Waals surface area contributed by atoms with E-state index in [1.165, 1.54) is 35.4 Å². The van der Waals surface area contributed by atoms with Gasteiger partial charge >= 0.3 is 12.4 Å². The van der Waals surface area contributed by atoms with Crippen LogP contribution in [0.25, 0.3) is 0 Å². The summed E-state index contributed by atoms with van der Waals surface area (Å²) in [5, 5.41) is 1.74. The molecule has 13 heteroatoms. The van der Waals surface area contributed by atoms with Crippen LogP contribution in [0.5, 0.6) is 0 Å². The lowest BCUT2D eigenvalue weighted by atomic mass is 9.95. The van der Waals surface area contributed by atoms with Crippen molar-refractivity contribution in [1.29, 1.82) is 4.78 Å². The van der Waals surface area contributed by atoms with Crippen molar-refractivity contribution in [3.63, 3.8) is 0 Å². The van der Waals surface area contributed by atoms with Crippen molar-refractivity contribution in [2.45, 2.75) is 30.1 Å². The molecule has 2 N–H and O–H groups in total. The number of amides is 1. The van der Waals surface area contributed by atoms with Gasteiger partial charge in [-0.25, -0.2) is 8.99 Å². The molecule has 186 valence electrons. The Morgan fingerprint density at radius 3 is 2.26 bits per heavy atom. The van der Waals surface area contributed by atoms with Crippen molar-refractivity contribution in [2.75, 3.05) is 29.6 Å². The Morgan fingerprint density at radius 2 is 1.74 bits per heavy atom. The predicted molar refractivity (Wildman–Crippen MR) is 117 cm³/mol. The van der Waals surface area contributed by atoms with Crippen molar-refractivity contribution in [3.8, 4) is 0 Å². The molecule has 0 radical (unpaired) electrons. The standard InChI is InChI=1S/C21H20ClF6N3O2S/c1-34(29,33)14-4-2-3-13(9-14)30-19(32)15-10-17(22)16(21(26,27)28)11-18(15)31-7-5-12(6-8-31)20(23,24)25/h2-4,9-12,29H,5-8H2,1H3,(H,30,32)/t34-/m0/s1. The van der Waals surface area contributed by atoms with E-state index in [0.717, 1.165) is 6.07 Å². The highest BCUT2D eigenvalue weighted by Gasteiger charge is 2.42. The highest BCUT2D eigenvalue weighted by atomic mass is 35.5. The number of carbonyl (C=O) groups excluding carboxylic acids is 1. The molecule has 0 unspecified atom stereocenters. The minimum Gasteiger partial charge on any atom is -0.371 e. The summed E-state index contributed by atoms with van der Waals surface area (Å²) >= 11 is 5.81. The number of carbonyl (C=O) groups is 1. The normalized spacial score (nSPS) is 17.4. The largest absolute Gasteiger partial charge is 0.417 e. The fourth-order valence-corrected chi connectivity index (χ4v) is 4.65. The molecule has 0 aromatic heterocycles. The van der Waals surface area contributed by atoms with Crippen LogP contribution in [-0.4, -0.2) is 35.6 Å². The second-order valence-corrected chi connectivity index (χ2v) is 10.5. The highest BCUT2D eigenvalue weighted by Crippen LogP contribution is 2.41. The van der Waals surface area contributed by atoms with Crippen LogP contribution in [0, 0.1) is 10.7 Å². The Hall–Kier alpha value is -2.47. The van der Waals surface area contributed by atoms with E-state index in [1.54, 1.807) is 0 Å². The molecular weight excluding hydrogens is 508 g/mol. The molecule has 1 atom stereocenters. The van der Waals surface area contributed by atoms with E-state index in [2.05, 4.69) is 5.32 Å². The number of hydrogen-bond acceptors (Lipinski definition) is 4. The van der Waals surface area contributed by atoms with Gasteiger partial charge in [-0.1, -0.05) is 17.7 Å². The quantitative estimate of drug-likeness (QED) is 0.450. The summed E-state index contributed by atoms with van der Waals surface area (Å²) < 4.78 is 99.1. The van der Waals surface area contributed by atoms with Gasteiger partial charge in [-0.15, -0.1) is 0 Å². The maximum Gasteiger partial charge on any atom is 0.417 e. The van der Waals surface area contributed by atoms with Gasteiger partial charge in [0.25, 0.3) is 5.91 Å². The number of hydrogen-bond donors (Lipinski definition) is 2. The second kappa shape index (κ2) is 9.29. The second-order valence-electron chi connectivity index (χ2n) is 7.98. The monoisotopic (exact) mass is 527 g/mol. The molecule has 1 aliphatic rings. The first-order valence-electron chi connectivity index (χ1n) is 9.95. The molecule has 34 heavy (non-hydrogen) atoms. The van der Waals surface area contributed by atoms with Crippen LogP contribution in [0.3, 0.4) is 0 Å². The van der Waals surface area contributed by atoms with Crippen LogP contribution < -0.4 is 10.2 Å². The van der Waals surface area contributed by atoms with E-state index in [1.807, 2.05) is 0 Å². The lowest BCUT2D eigenvalue weighted by Gasteiger charge is -2.35. The number of alkyl halides is 6. The molecule has 0 bridgehead atoms. The van der Waals surface area contributed by atoms with Crippen LogP contribution in [-0.2, 0) is 15.9 Å². The molecule has 1 fully saturated rings. The van der Waals surface area contributed by atoms with E-state index in [9.17, 15) is 35.3 Å². The predicted octanol–water partition coefficient (Wildman–Crippen LogP) is 6.43. The zero-order valence-electron chi connectivity index (χ0n) is 17.7. The van der Waals surface area contributed by atoms with Crippen molar-refractivity contribution in [1.82, 2.24) is 0 Å². The van der Waals surface area contributed by atoms with E-state index in [0.29, 0.717) is 6.07 Å². The number of anilines is 2. The molecule has 2 aromatic carbocycles. The Morgan fingerprint density at radius 1 is 1.12 bits per heavy atom. The summed E-state index contributed by atoms with van der Waals surface area (Å²) in [5.41, 5.74) is -1.51. The Bertz CT molecular complexity index is 1190. The van der Waals surface area contributed by atoms with Crippen molar-refractivity contribution >= 4 is 38.6 Å². The van der Waals surface area contributed by atoms with Gasteiger partial charge in [0.1, 0.15) is 0 Å². The Kier molecular flexibility index (Phi) is 7.14. The topological polar surface area (TPSA) is 73.3 Å². The third-order valence-electron chi connectivity index (χ3n) is 5.48. The van der Waals surface area contributed by atoms with Crippen molar-refractivity contribution < 1.29 is 35.3 Å². The maximum absolute atomic E-state index is 13.5. The summed E-state index contributed by atoms with van der Waals surface area (Å²) in [4.78, 5) is 14.4. The van der Waals surface area contributed by atoms with Crippen LogP contribution in [0.1, 0.15) is 28.8 Å². The Balaban J connectivity index is 1.98. The molecule has 1 saturated heterocycles. The zero-order chi connectivity index (χ0) is 25.5. The number of rotatable bonds is 4. The minimum atomic E-state index is -4.84. The van der Waals surface area contributed by atoms with Crippen molar-refractivity contribution in [2.24, 2.45) is 5.92 Å². The molecule has 0 aliphatic carbocycles. The maximum atomic E-state index is 13.5. The fourth-order valence-electron chi connectivity index (χ4n) is 3.68. The molecule has 3 rings (SSSR count). The van der Waals surface area contributed by atoms with E-state index < -0.39 is 44.5 Å². The number of piperidine rings is 1. The molecule has 2 aromatic rings. The summed E-state index contributed by atoms with van der Waals surface area (Å²) in [6, 6.07) is 7.12. The van der Waals surface area contributed by atoms with Crippen molar-refractivity contribution in [3.05, 3.63) is 52.5 Å². The lowest BCUT2D eigenvalue weighted by Crippen LogP contribution is -2.40. The average Bonchev–Trinajstić information content (AvgIpc) is 2.71. The van der Waals surface area contributed by atoms with Gasteiger partial charge in [-0.05, 0) is 43.2 Å². The summed E-state index contributed by atoms with van der Waals surface area (Å²) in [7, 11) is -3.09. The molecular formula is C21H20ClF6N3O2S. The molecule has 1 heterocycles. The average molecular weight is 528 g/mol. The first-order valence-corrected chi connectivity index (χ1v) is 12.3. The molecule has 5 nitrogen and oxygen atoms in total. The summed E-state index contributed by atoms with van der Waals surface area (Å²) in [6.45, 7) is -0.398. The summed E-state index contributed by atoms with van der Waals surface area (Å²) in [6.07, 6.45) is -8.72. The van der Waals surface area contributed by atoms with Crippen LogP contribution in [0.2, 0.25) is 5.02 Å². The number of halogens is 7. The van der Waals surface area contributed by atoms with Gasteiger partial charge in [0.2, 0.25) is 0 Å². The zero-order valence-corrected chi connectivity index (χ0v) is 19.3. The molecule has 1 amide bonds. The van der Waals surface area contributed by atoms with Crippen LogP contribution in [0.4, 0.5) is 37.7 Å². The molecule has 0 saturated carbocycles. The molecule has 0 spiro atoms. The Labute approximate surface area is 197 Å². The van der Waals surface area contributed by atoms with Gasteiger partial charge in [-0.3, -0.25) is 4.79 Å². The van der Waals surface area contributed by atoms with Gasteiger partial charge < -0.3 is 10.2 Å². The fraction of sp³-hybridized carbons (Fsp3) is 0.381. The minimum absolute atomic E-state index is 0.130. The van der Waals surface area contributed by atoms with Crippen LogP contribution in [0.15, 0.2) is 41.3 Å². The SMILES string of the molecule is C[S@](=N)(=O)c1cccc(NC(=O)c2cc(Cl)c(C(F)(F)F)cc2N2CCC(C(F)(F)F)CC2)c1. The van der Waals surface area contributed by atoms with Gasteiger partial charge in [-0.2, -0.15) is 26.3 Å². The smallest absolute Gasteiger partial charge is 0.371 e. The van der Waals surface area contributed by atoms with Crippen LogP contribution >= 0.6 is 11.6 Å². The number of benzene rings is 2. The third kappa shape index (κ3) is 5.96. The van der Waals surface area contributed by atoms with Gasteiger partial charge in [0.15, 0.2) is 0 Å².